The van der Waals surface area contributed by atoms with E-state index < -0.39 is 0 Å². The Morgan fingerprint density at radius 3 is 2.90 bits per heavy atom. The van der Waals surface area contributed by atoms with Crippen molar-refractivity contribution in [1.29, 1.82) is 0 Å². The summed E-state index contributed by atoms with van der Waals surface area (Å²) in [5.41, 5.74) is 2.83. The molecule has 0 fully saturated rings. The van der Waals surface area contributed by atoms with Crippen LogP contribution in [0.2, 0.25) is 0 Å². The van der Waals surface area contributed by atoms with Crippen molar-refractivity contribution >= 4 is 27.7 Å². The van der Waals surface area contributed by atoms with Crippen molar-refractivity contribution in [2.75, 3.05) is 23.3 Å². The number of aromatic nitrogens is 2. The van der Waals surface area contributed by atoms with Gasteiger partial charge in [-0.3, -0.25) is 0 Å². The Morgan fingerprint density at radius 1 is 1.29 bits per heavy atom. The summed E-state index contributed by atoms with van der Waals surface area (Å²) < 4.78 is 0.948. The van der Waals surface area contributed by atoms with E-state index in [9.17, 15) is 0 Å². The first-order chi connectivity index (χ1) is 10.3. The van der Waals surface area contributed by atoms with Crippen LogP contribution in [0.25, 0.3) is 0 Å². The number of rotatable bonds is 4. The topological polar surface area (TPSA) is 41.1 Å². The second-order valence-corrected chi connectivity index (χ2v) is 6.09. The molecule has 1 aromatic carbocycles. The third kappa shape index (κ3) is 3.18. The van der Waals surface area contributed by atoms with Crippen molar-refractivity contribution < 1.29 is 0 Å². The smallest absolute Gasteiger partial charge is 0.224 e. The Hall–Kier alpha value is -1.62. The summed E-state index contributed by atoms with van der Waals surface area (Å²) >= 11 is 3.58. The highest BCUT2D eigenvalue weighted by atomic mass is 79.9. The summed E-state index contributed by atoms with van der Waals surface area (Å²) in [5, 5.41) is 3.25. The van der Waals surface area contributed by atoms with Gasteiger partial charge in [0.05, 0.1) is 4.47 Å². The molecule has 3 rings (SSSR count). The molecular weight excluding hydrogens is 328 g/mol. The predicted molar refractivity (Wildman–Crippen MR) is 89.7 cm³/mol. The Bertz CT molecular complexity index is 629. The summed E-state index contributed by atoms with van der Waals surface area (Å²) in [7, 11) is 0. The molecule has 0 spiro atoms. The molecular formula is C16H19BrN4. The van der Waals surface area contributed by atoms with Crippen molar-refractivity contribution in [3.05, 3.63) is 46.1 Å². The first-order valence-corrected chi connectivity index (χ1v) is 8.15. The highest BCUT2D eigenvalue weighted by molar-refractivity contribution is 9.10. The maximum Gasteiger partial charge on any atom is 0.224 e. The van der Waals surface area contributed by atoms with Crippen LogP contribution in [0.1, 0.15) is 24.5 Å². The molecule has 0 saturated carbocycles. The van der Waals surface area contributed by atoms with E-state index in [0.29, 0.717) is 5.95 Å². The maximum atomic E-state index is 4.66. The average molecular weight is 347 g/mol. The molecule has 0 bridgehead atoms. The molecule has 0 amide bonds. The van der Waals surface area contributed by atoms with Crippen LogP contribution in [-0.2, 0) is 13.0 Å². The number of hydrogen-bond donors (Lipinski definition) is 1. The minimum Gasteiger partial charge on any atom is -0.354 e. The molecule has 1 aromatic heterocycles. The van der Waals surface area contributed by atoms with Gasteiger partial charge in [-0.15, -0.1) is 0 Å². The quantitative estimate of drug-likeness (QED) is 0.917. The molecule has 5 heteroatoms. The van der Waals surface area contributed by atoms with E-state index in [1.165, 1.54) is 11.1 Å². The molecule has 21 heavy (non-hydrogen) atoms. The second-order valence-electron chi connectivity index (χ2n) is 5.23. The first-order valence-electron chi connectivity index (χ1n) is 7.36. The molecule has 2 aromatic rings. The van der Waals surface area contributed by atoms with Crippen LogP contribution >= 0.6 is 15.9 Å². The highest BCUT2D eigenvalue weighted by Crippen LogP contribution is 2.29. The number of nitrogens with zero attached hydrogens (tertiary/aromatic N) is 3. The predicted octanol–water partition coefficient (Wildman–Crippen LogP) is 3.62. The van der Waals surface area contributed by atoms with Gasteiger partial charge in [-0.05, 0) is 39.9 Å². The molecule has 110 valence electrons. The van der Waals surface area contributed by atoms with Crippen LogP contribution in [0.4, 0.5) is 11.8 Å². The Kier molecular flexibility index (Phi) is 4.39. The van der Waals surface area contributed by atoms with Crippen molar-refractivity contribution in [2.45, 2.75) is 26.3 Å². The fraction of sp³-hybridized carbons (Fsp3) is 0.375. The Labute approximate surface area is 133 Å². The fourth-order valence-electron chi connectivity index (χ4n) is 2.58. The minimum absolute atomic E-state index is 0.703. The molecule has 1 N–H and O–H groups in total. The number of anilines is 2. The lowest BCUT2D eigenvalue weighted by atomic mass is 10.00. The minimum atomic E-state index is 0.703. The van der Waals surface area contributed by atoms with Gasteiger partial charge in [0.15, 0.2) is 0 Å². The molecule has 4 nitrogen and oxygen atoms in total. The average Bonchev–Trinajstić information content (AvgIpc) is 2.53. The van der Waals surface area contributed by atoms with E-state index >= 15 is 0 Å². The first kappa shape index (κ1) is 14.3. The van der Waals surface area contributed by atoms with Gasteiger partial charge < -0.3 is 10.2 Å². The molecule has 0 unspecified atom stereocenters. The summed E-state index contributed by atoms with van der Waals surface area (Å²) in [6.07, 6.45) is 3.96. The third-order valence-corrected chi connectivity index (χ3v) is 4.25. The largest absolute Gasteiger partial charge is 0.354 e. The molecule has 0 radical (unpaired) electrons. The summed E-state index contributed by atoms with van der Waals surface area (Å²) in [5.74, 6) is 1.67. The Morgan fingerprint density at radius 2 is 2.10 bits per heavy atom. The number of nitrogens with one attached hydrogen (secondary N) is 1. The normalized spacial score (nSPS) is 13.9. The van der Waals surface area contributed by atoms with Crippen LogP contribution in [0.3, 0.4) is 0 Å². The van der Waals surface area contributed by atoms with Gasteiger partial charge in [0.25, 0.3) is 0 Å². The molecule has 0 saturated heterocycles. The van der Waals surface area contributed by atoms with Gasteiger partial charge >= 0.3 is 0 Å². The third-order valence-electron chi connectivity index (χ3n) is 3.69. The van der Waals surface area contributed by atoms with E-state index in [4.69, 9.17) is 0 Å². The van der Waals surface area contributed by atoms with Crippen molar-refractivity contribution in [2.24, 2.45) is 0 Å². The fourth-order valence-corrected chi connectivity index (χ4v) is 3.02. The second kappa shape index (κ2) is 6.43. The van der Waals surface area contributed by atoms with Crippen molar-refractivity contribution in [3.8, 4) is 0 Å². The van der Waals surface area contributed by atoms with Gasteiger partial charge in [-0.2, -0.15) is 4.98 Å². The lowest BCUT2D eigenvalue weighted by Gasteiger charge is -2.30. The molecule has 2 heterocycles. The zero-order chi connectivity index (χ0) is 14.7. The van der Waals surface area contributed by atoms with Crippen molar-refractivity contribution in [3.63, 3.8) is 0 Å². The SMILES string of the molecule is CCCNc1ncc(Br)c(N2CCc3ccccc3C2)n1. The van der Waals surface area contributed by atoms with Crippen LogP contribution in [0, 0.1) is 0 Å². The van der Waals surface area contributed by atoms with Gasteiger partial charge in [0.1, 0.15) is 5.82 Å². The van der Waals surface area contributed by atoms with Crippen LogP contribution in [-0.4, -0.2) is 23.1 Å². The van der Waals surface area contributed by atoms with Crippen LogP contribution in [0.15, 0.2) is 34.9 Å². The standard InChI is InChI=1S/C16H19BrN4/c1-2-8-18-16-19-10-14(17)15(20-16)21-9-7-12-5-3-4-6-13(12)11-21/h3-6,10H,2,7-9,11H2,1H3,(H,18,19,20). The van der Waals surface area contributed by atoms with Gasteiger partial charge in [-0.1, -0.05) is 31.2 Å². The van der Waals surface area contributed by atoms with E-state index in [1.807, 2.05) is 6.20 Å². The number of fused-ring (bicyclic) bond motifs is 1. The number of hydrogen-bond acceptors (Lipinski definition) is 4. The van der Waals surface area contributed by atoms with E-state index in [2.05, 4.69) is 67.3 Å². The maximum absolute atomic E-state index is 4.66. The molecule has 0 atom stereocenters. The van der Waals surface area contributed by atoms with Gasteiger partial charge in [0, 0.05) is 25.8 Å². The number of benzene rings is 1. The summed E-state index contributed by atoms with van der Waals surface area (Å²) in [4.78, 5) is 11.3. The molecule has 1 aliphatic heterocycles. The van der Waals surface area contributed by atoms with Gasteiger partial charge in [-0.25, -0.2) is 4.98 Å². The lowest BCUT2D eigenvalue weighted by Crippen LogP contribution is -2.31. The zero-order valence-corrected chi connectivity index (χ0v) is 13.7. The number of halogens is 1. The van der Waals surface area contributed by atoms with Crippen molar-refractivity contribution in [1.82, 2.24) is 9.97 Å². The van der Waals surface area contributed by atoms with E-state index in [-0.39, 0.29) is 0 Å². The molecule has 0 aliphatic carbocycles. The zero-order valence-electron chi connectivity index (χ0n) is 12.1. The lowest BCUT2D eigenvalue weighted by molar-refractivity contribution is 0.717. The van der Waals surface area contributed by atoms with Gasteiger partial charge in [0.2, 0.25) is 5.95 Å². The van der Waals surface area contributed by atoms with E-state index in [1.54, 1.807) is 0 Å². The highest BCUT2D eigenvalue weighted by Gasteiger charge is 2.19. The summed E-state index contributed by atoms with van der Waals surface area (Å²) in [6, 6.07) is 8.64. The monoisotopic (exact) mass is 346 g/mol. The summed E-state index contributed by atoms with van der Waals surface area (Å²) in [6.45, 7) is 4.91. The molecule has 1 aliphatic rings. The van der Waals surface area contributed by atoms with Crippen LogP contribution < -0.4 is 10.2 Å². The van der Waals surface area contributed by atoms with E-state index in [0.717, 1.165) is 42.8 Å². The Balaban J connectivity index is 1.84. The van der Waals surface area contributed by atoms with Crippen LogP contribution in [0.5, 0.6) is 0 Å².